The molecule has 1 amide bonds. The third-order valence-electron chi connectivity index (χ3n) is 2.25. The van der Waals surface area contributed by atoms with Crippen LogP contribution in [0.25, 0.3) is 0 Å². The Morgan fingerprint density at radius 3 is 2.31 bits per heavy atom. The van der Waals surface area contributed by atoms with Crippen molar-refractivity contribution in [3.63, 3.8) is 0 Å². The van der Waals surface area contributed by atoms with Crippen LogP contribution in [0.2, 0.25) is 0 Å². The molecule has 16 heavy (non-hydrogen) atoms. The van der Waals surface area contributed by atoms with Crippen LogP contribution in [0.4, 0.5) is 0 Å². The highest BCUT2D eigenvalue weighted by Gasteiger charge is 2.10. The van der Waals surface area contributed by atoms with Crippen molar-refractivity contribution in [2.24, 2.45) is 5.92 Å². The molecule has 0 aliphatic carbocycles. The SMILES string of the molecule is CCOC(=O)CNCC(=O)NC(C)C(C)C. The summed E-state index contributed by atoms with van der Waals surface area (Å²) in [6, 6.07) is 0.136. The van der Waals surface area contributed by atoms with Crippen LogP contribution in [0.1, 0.15) is 27.7 Å². The lowest BCUT2D eigenvalue weighted by Crippen LogP contribution is -2.42. The average molecular weight is 230 g/mol. The summed E-state index contributed by atoms with van der Waals surface area (Å²) in [6.07, 6.45) is 0. The van der Waals surface area contributed by atoms with Crippen LogP contribution in [-0.2, 0) is 14.3 Å². The maximum atomic E-state index is 11.4. The van der Waals surface area contributed by atoms with Crippen molar-refractivity contribution in [1.82, 2.24) is 10.6 Å². The molecule has 0 bridgehead atoms. The maximum Gasteiger partial charge on any atom is 0.319 e. The molecule has 0 saturated carbocycles. The van der Waals surface area contributed by atoms with Crippen LogP contribution in [-0.4, -0.2) is 37.6 Å². The fraction of sp³-hybridized carbons (Fsp3) is 0.818. The molecule has 0 rings (SSSR count). The van der Waals surface area contributed by atoms with Gasteiger partial charge in [-0.05, 0) is 19.8 Å². The van der Waals surface area contributed by atoms with E-state index in [0.717, 1.165) is 0 Å². The Balaban J connectivity index is 3.62. The second kappa shape index (κ2) is 8.10. The van der Waals surface area contributed by atoms with E-state index >= 15 is 0 Å². The first kappa shape index (κ1) is 14.9. The summed E-state index contributed by atoms with van der Waals surface area (Å²) < 4.78 is 4.71. The van der Waals surface area contributed by atoms with E-state index in [9.17, 15) is 9.59 Å². The van der Waals surface area contributed by atoms with Gasteiger partial charge in [-0.15, -0.1) is 0 Å². The van der Waals surface area contributed by atoms with E-state index in [1.165, 1.54) is 0 Å². The van der Waals surface area contributed by atoms with Crippen molar-refractivity contribution < 1.29 is 14.3 Å². The Morgan fingerprint density at radius 2 is 1.81 bits per heavy atom. The van der Waals surface area contributed by atoms with Crippen molar-refractivity contribution >= 4 is 11.9 Å². The van der Waals surface area contributed by atoms with Gasteiger partial charge in [-0.3, -0.25) is 14.9 Å². The first-order valence-corrected chi connectivity index (χ1v) is 5.63. The Kier molecular flexibility index (Phi) is 7.54. The van der Waals surface area contributed by atoms with Gasteiger partial charge in [0.25, 0.3) is 0 Å². The number of carbonyl (C=O) groups excluding carboxylic acids is 2. The number of rotatable bonds is 7. The zero-order chi connectivity index (χ0) is 12.6. The van der Waals surface area contributed by atoms with Gasteiger partial charge in [0, 0.05) is 6.04 Å². The lowest BCUT2D eigenvalue weighted by atomic mass is 10.1. The first-order valence-electron chi connectivity index (χ1n) is 5.63. The number of amides is 1. The highest BCUT2D eigenvalue weighted by atomic mass is 16.5. The van der Waals surface area contributed by atoms with E-state index in [2.05, 4.69) is 10.6 Å². The third-order valence-corrected chi connectivity index (χ3v) is 2.25. The Labute approximate surface area is 96.9 Å². The van der Waals surface area contributed by atoms with E-state index in [4.69, 9.17) is 4.74 Å². The van der Waals surface area contributed by atoms with Gasteiger partial charge in [-0.1, -0.05) is 13.8 Å². The molecular weight excluding hydrogens is 208 g/mol. The third kappa shape index (κ3) is 7.23. The summed E-state index contributed by atoms with van der Waals surface area (Å²) >= 11 is 0. The summed E-state index contributed by atoms with van der Waals surface area (Å²) in [4.78, 5) is 22.3. The maximum absolute atomic E-state index is 11.4. The standard InChI is InChI=1S/C11H22N2O3/c1-5-16-11(15)7-12-6-10(14)13-9(4)8(2)3/h8-9,12H,5-7H2,1-4H3,(H,13,14). The Hall–Kier alpha value is -1.10. The number of hydrogen-bond acceptors (Lipinski definition) is 4. The quantitative estimate of drug-likeness (QED) is 0.617. The highest BCUT2D eigenvalue weighted by molar-refractivity contribution is 5.79. The fourth-order valence-corrected chi connectivity index (χ4v) is 0.962. The molecule has 2 N–H and O–H groups in total. The lowest BCUT2D eigenvalue weighted by Gasteiger charge is -2.17. The van der Waals surface area contributed by atoms with E-state index in [1.54, 1.807) is 6.92 Å². The summed E-state index contributed by atoms with van der Waals surface area (Å²) in [5, 5.41) is 5.56. The second-order valence-electron chi connectivity index (χ2n) is 4.01. The normalized spacial score (nSPS) is 12.3. The van der Waals surface area contributed by atoms with Crippen LogP contribution >= 0.6 is 0 Å². The number of nitrogens with one attached hydrogen (secondary N) is 2. The molecule has 0 heterocycles. The van der Waals surface area contributed by atoms with Gasteiger partial charge in [0.1, 0.15) is 0 Å². The van der Waals surface area contributed by atoms with Gasteiger partial charge in [-0.2, -0.15) is 0 Å². The lowest BCUT2D eigenvalue weighted by molar-refractivity contribution is -0.142. The van der Waals surface area contributed by atoms with E-state index in [0.29, 0.717) is 12.5 Å². The molecule has 0 saturated heterocycles. The molecule has 5 nitrogen and oxygen atoms in total. The van der Waals surface area contributed by atoms with Gasteiger partial charge in [0.15, 0.2) is 0 Å². The molecule has 0 aromatic carbocycles. The topological polar surface area (TPSA) is 67.4 Å². The average Bonchev–Trinajstić information content (AvgIpc) is 2.17. The van der Waals surface area contributed by atoms with Crippen molar-refractivity contribution in [2.45, 2.75) is 33.7 Å². The first-order chi connectivity index (χ1) is 7.47. The van der Waals surface area contributed by atoms with Crippen molar-refractivity contribution in [1.29, 1.82) is 0 Å². The summed E-state index contributed by atoms with van der Waals surface area (Å²) in [7, 11) is 0. The number of carbonyl (C=O) groups is 2. The molecule has 0 aromatic rings. The minimum atomic E-state index is -0.341. The van der Waals surface area contributed by atoms with E-state index in [-0.39, 0.29) is 31.0 Å². The van der Waals surface area contributed by atoms with Gasteiger partial charge in [0.2, 0.25) is 5.91 Å². The monoisotopic (exact) mass is 230 g/mol. The van der Waals surface area contributed by atoms with Gasteiger partial charge < -0.3 is 10.1 Å². The van der Waals surface area contributed by atoms with Crippen LogP contribution < -0.4 is 10.6 Å². The number of ether oxygens (including phenoxy) is 1. The summed E-state index contributed by atoms with van der Waals surface area (Å²) in [6.45, 7) is 8.33. The Bertz CT molecular complexity index is 229. The van der Waals surface area contributed by atoms with Gasteiger partial charge >= 0.3 is 5.97 Å². The highest BCUT2D eigenvalue weighted by Crippen LogP contribution is 1.98. The zero-order valence-corrected chi connectivity index (χ0v) is 10.5. The van der Waals surface area contributed by atoms with Crippen LogP contribution in [0, 0.1) is 5.92 Å². The molecule has 5 heteroatoms. The number of hydrogen-bond donors (Lipinski definition) is 2. The molecule has 94 valence electrons. The fourth-order valence-electron chi connectivity index (χ4n) is 0.962. The largest absolute Gasteiger partial charge is 0.465 e. The van der Waals surface area contributed by atoms with Gasteiger partial charge in [0.05, 0.1) is 19.7 Å². The molecule has 0 aliphatic heterocycles. The molecule has 0 fully saturated rings. The number of esters is 1. The molecule has 0 aromatic heterocycles. The Morgan fingerprint density at radius 1 is 1.19 bits per heavy atom. The predicted molar refractivity (Wildman–Crippen MR) is 61.9 cm³/mol. The minimum Gasteiger partial charge on any atom is -0.465 e. The minimum absolute atomic E-state index is 0.0668. The van der Waals surface area contributed by atoms with Crippen molar-refractivity contribution in [3.05, 3.63) is 0 Å². The van der Waals surface area contributed by atoms with E-state index in [1.807, 2.05) is 20.8 Å². The second-order valence-corrected chi connectivity index (χ2v) is 4.01. The molecular formula is C11H22N2O3. The molecule has 0 aliphatic rings. The predicted octanol–water partition coefficient (Wildman–Crippen LogP) is 0.300. The molecule has 1 unspecified atom stereocenters. The van der Waals surface area contributed by atoms with Crippen LogP contribution in [0.15, 0.2) is 0 Å². The van der Waals surface area contributed by atoms with Crippen LogP contribution in [0.3, 0.4) is 0 Å². The van der Waals surface area contributed by atoms with Crippen LogP contribution in [0.5, 0.6) is 0 Å². The van der Waals surface area contributed by atoms with Crippen molar-refractivity contribution in [3.8, 4) is 0 Å². The summed E-state index contributed by atoms with van der Waals surface area (Å²) in [5.74, 6) is -0.0493. The molecule has 1 atom stereocenters. The smallest absolute Gasteiger partial charge is 0.319 e. The van der Waals surface area contributed by atoms with E-state index < -0.39 is 0 Å². The summed E-state index contributed by atoms with van der Waals surface area (Å²) in [5.41, 5.74) is 0. The molecule has 0 radical (unpaired) electrons. The van der Waals surface area contributed by atoms with Gasteiger partial charge in [-0.25, -0.2) is 0 Å². The van der Waals surface area contributed by atoms with Crippen molar-refractivity contribution in [2.75, 3.05) is 19.7 Å². The molecule has 0 spiro atoms. The zero-order valence-electron chi connectivity index (χ0n) is 10.5.